The van der Waals surface area contributed by atoms with Gasteiger partial charge in [-0.1, -0.05) is 75.7 Å². The summed E-state index contributed by atoms with van der Waals surface area (Å²) in [5.74, 6) is -0.415. The third-order valence-corrected chi connectivity index (χ3v) is 3.87. The fourth-order valence-corrected chi connectivity index (χ4v) is 2.72. The number of aromatic nitrogens is 1. The number of carbonyl (C=O) groups excluding carboxylic acids is 1. The highest BCUT2D eigenvalue weighted by molar-refractivity contribution is 6.29. The van der Waals surface area contributed by atoms with Gasteiger partial charge in [-0.2, -0.15) is 0 Å². The summed E-state index contributed by atoms with van der Waals surface area (Å²) in [6.45, 7) is 11.8. The Kier molecular flexibility index (Phi) is 10.8. The molecule has 3 nitrogen and oxygen atoms in total. The summed E-state index contributed by atoms with van der Waals surface area (Å²) in [7, 11) is 1.41. The van der Waals surface area contributed by atoms with E-state index in [-0.39, 0.29) is 11.9 Å². The first kappa shape index (κ1) is 23.1. The molecular formula is C21H30ClNO2. The molecule has 1 heterocycles. The molecule has 0 radical (unpaired) electrons. The predicted octanol–water partition coefficient (Wildman–Crippen LogP) is 6.12. The van der Waals surface area contributed by atoms with Gasteiger partial charge < -0.3 is 4.74 Å². The Morgan fingerprint density at radius 1 is 1.00 bits per heavy atom. The van der Waals surface area contributed by atoms with Crippen molar-refractivity contribution in [2.24, 2.45) is 5.41 Å². The largest absolute Gasteiger partial charge is 0.469 e. The normalized spacial score (nSPS) is 11.2. The highest BCUT2D eigenvalue weighted by Crippen LogP contribution is 2.41. The molecule has 0 saturated heterocycles. The Labute approximate surface area is 157 Å². The topological polar surface area (TPSA) is 39.2 Å². The first-order chi connectivity index (χ1) is 12.0. The van der Waals surface area contributed by atoms with Crippen LogP contribution in [0.15, 0.2) is 48.7 Å². The van der Waals surface area contributed by atoms with Crippen LogP contribution in [0.2, 0.25) is 5.15 Å². The zero-order chi connectivity index (χ0) is 19.5. The summed E-state index contributed by atoms with van der Waals surface area (Å²) >= 11 is 5.86. The zero-order valence-electron chi connectivity index (χ0n) is 16.3. The minimum atomic E-state index is -0.717. The van der Waals surface area contributed by atoms with Gasteiger partial charge in [-0.3, -0.25) is 4.79 Å². The van der Waals surface area contributed by atoms with Crippen molar-refractivity contribution >= 4 is 17.6 Å². The summed E-state index contributed by atoms with van der Waals surface area (Å²) in [6, 6.07) is 13.5. The number of carbonyl (C=O) groups is 1. The maximum absolute atomic E-state index is 12.2. The highest BCUT2D eigenvalue weighted by atomic mass is 35.5. The third kappa shape index (κ3) is 6.17. The molecule has 0 aliphatic heterocycles. The molecule has 0 bridgehead atoms. The fourth-order valence-electron chi connectivity index (χ4n) is 2.61. The number of nitrogens with zero attached hydrogens (tertiary/aromatic N) is 1. The van der Waals surface area contributed by atoms with Crippen LogP contribution >= 0.6 is 11.6 Å². The number of esters is 1. The van der Waals surface area contributed by atoms with Crippen LogP contribution in [0.3, 0.4) is 0 Å². The maximum atomic E-state index is 12.2. The summed E-state index contributed by atoms with van der Waals surface area (Å²) in [4.78, 5) is 16.4. The lowest BCUT2D eigenvalue weighted by atomic mass is 9.71. The third-order valence-electron chi connectivity index (χ3n) is 3.65. The number of pyridine rings is 1. The number of hydrogen-bond donors (Lipinski definition) is 0. The smallest absolute Gasteiger partial charge is 0.312 e. The lowest BCUT2D eigenvalue weighted by Gasteiger charge is -2.32. The van der Waals surface area contributed by atoms with Crippen molar-refractivity contribution in [3.8, 4) is 0 Å². The molecule has 1 aromatic carbocycles. The molecule has 0 N–H and O–H groups in total. The van der Waals surface area contributed by atoms with Gasteiger partial charge in [0.2, 0.25) is 0 Å². The van der Waals surface area contributed by atoms with Crippen molar-refractivity contribution in [2.45, 2.75) is 47.5 Å². The minimum Gasteiger partial charge on any atom is -0.469 e. The molecule has 0 aliphatic rings. The van der Waals surface area contributed by atoms with Crippen molar-refractivity contribution < 1.29 is 9.53 Å². The van der Waals surface area contributed by atoms with Gasteiger partial charge in [0, 0.05) is 12.1 Å². The summed E-state index contributed by atoms with van der Waals surface area (Å²) in [6.07, 6.45) is 1.71. The molecule has 0 fully saturated rings. The van der Waals surface area contributed by atoms with Gasteiger partial charge in [-0.05, 0) is 31.0 Å². The maximum Gasteiger partial charge on any atom is 0.312 e. The fraction of sp³-hybridized carbons (Fsp3) is 0.429. The van der Waals surface area contributed by atoms with Crippen LogP contribution in [0.4, 0.5) is 0 Å². The van der Waals surface area contributed by atoms with Crippen molar-refractivity contribution in [1.29, 1.82) is 0 Å². The zero-order valence-corrected chi connectivity index (χ0v) is 17.1. The predicted molar refractivity (Wildman–Crippen MR) is 106 cm³/mol. The second-order valence-electron chi connectivity index (χ2n) is 5.47. The lowest BCUT2D eigenvalue weighted by molar-refractivity contribution is -0.151. The van der Waals surface area contributed by atoms with E-state index in [0.29, 0.717) is 5.15 Å². The summed E-state index contributed by atoms with van der Waals surface area (Å²) in [5, 5.41) is 0.432. The Bertz CT molecular complexity index is 610. The van der Waals surface area contributed by atoms with E-state index in [2.05, 4.69) is 4.98 Å². The molecule has 25 heavy (non-hydrogen) atoms. The van der Waals surface area contributed by atoms with E-state index in [1.54, 1.807) is 12.3 Å². The molecule has 1 aromatic heterocycles. The van der Waals surface area contributed by atoms with E-state index in [1.165, 1.54) is 7.11 Å². The van der Waals surface area contributed by atoms with Gasteiger partial charge in [-0.25, -0.2) is 4.98 Å². The molecule has 138 valence electrons. The number of methoxy groups -OCH3 is 1. The summed E-state index contributed by atoms with van der Waals surface area (Å²) in [5.41, 5.74) is 1.25. The van der Waals surface area contributed by atoms with E-state index >= 15 is 0 Å². The molecule has 1 atom stereocenters. The molecule has 0 saturated carbocycles. The van der Waals surface area contributed by atoms with Crippen LogP contribution in [-0.2, 0) is 9.53 Å². The first-order valence-corrected chi connectivity index (χ1v) is 9.09. The molecule has 0 aliphatic carbocycles. The number of ether oxygens (including phenoxy) is 1. The quantitative estimate of drug-likeness (QED) is 0.485. The molecule has 0 spiro atoms. The number of benzene rings is 1. The van der Waals surface area contributed by atoms with E-state index in [0.717, 1.165) is 11.1 Å². The number of rotatable bonds is 4. The Morgan fingerprint density at radius 3 is 2.00 bits per heavy atom. The first-order valence-electron chi connectivity index (χ1n) is 8.71. The molecule has 2 aromatic rings. The Morgan fingerprint density at radius 2 is 1.56 bits per heavy atom. The van der Waals surface area contributed by atoms with E-state index < -0.39 is 5.41 Å². The average molecular weight is 364 g/mol. The minimum absolute atomic E-state index is 0.157. The second kappa shape index (κ2) is 11.6. The molecule has 1 unspecified atom stereocenters. The van der Waals surface area contributed by atoms with Gasteiger partial charge in [-0.15, -0.1) is 0 Å². The molecular weight excluding hydrogens is 334 g/mol. The van der Waals surface area contributed by atoms with E-state index in [4.69, 9.17) is 16.3 Å². The Balaban J connectivity index is 0.00000134. The van der Waals surface area contributed by atoms with Gasteiger partial charge in [0.25, 0.3) is 0 Å². The van der Waals surface area contributed by atoms with Gasteiger partial charge in [0.1, 0.15) is 5.15 Å². The second-order valence-corrected chi connectivity index (χ2v) is 5.86. The van der Waals surface area contributed by atoms with Crippen LogP contribution in [0.1, 0.15) is 58.6 Å². The SMILES string of the molecule is CC.CC.COC(=O)C(C)(C)C(c1ccccc1)c1ccc(Cl)nc1. The van der Waals surface area contributed by atoms with Crippen LogP contribution in [-0.4, -0.2) is 18.1 Å². The van der Waals surface area contributed by atoms with Crippen molar-refractivity contribution in [1.82, 2.24) is 4.98 Å². The van der Waals surface area contributed by atoms with Gasteiger partial charge >= 0.3 is 5.97 Å². The van der Waals surface area contributed by atoms with Crippen LogP contribution < -0.4 is 0 Å². The number of halogens is 1. The average Bonchev–Trinajstić information content (AvgIpc) is 2.66. The van der Waals surface area contributed by atoms with Crippen molar-refractivity contribution in [3.05, 3.63) is 64.9 Å². The highest BCUT2D eigenvalue weighted by Gasteiger charge is 2.39. The lowest BCUT2D eigenvalue weighted by Crippen LogP contribution is -2.33. The van der Waals surface area contributed by atoms with E-state index in [9.17, 15) is 4.79 Å². The molecule has 2 rings (SSSR count). The van der Waals surface area contributed by atoms with E-state index in [1.807, 2.05) is 77.9 Å². The van der Waals surface area contributed by atoms with Crippen LogP contribution in [0.5, 0.6) is 0 Å². The van der Waals surface area contributed by atoms with Crippen molar-refractivity contribution in [2.75, 3.05) is 7.11 Å². The standard InChI is InChI=1S/C17H18ClNO2.2C2H6/c1-17(2,16(20)21-3)15(12-7-5-4-6-8-12)13-9-10-14(18)19-11-13;2*1-2/h4-11,15H,1-3H3;2*1-2H3. The molecule has 4 heteroatoms. The number of hydrogen-bond acceptors (Lipinski definition) is 3. The molecule has 0 amide bonds. The monoisotopic (exact) mass is 363 g/mol. The van der Waals surface area contributed by atoms with Crippen LogP contribution in [0.25, 0.3) is 0 Å². The van der Waals surface area contributed by atoms with Gasteiger partial charge in [0.15, 0.2) is 0 Å². The van der Waals surface area contributed by atoms with Crippen molar-refractivity contribution in [3.63, 3.8) is 0 Å². The Hall–Kier alpha value is -1.87. The van der Waals surface area contributed by atoms with Gasteiger partial charge in [0.05, 0.1) is 12.5 Å². The summed E-state index contributed by atoms with van der Waals surface area (Å²) < 4.78 is 4.98. The van der Waals surface area contributed by atoms with Crippen LogP contribution in [0, 0.1) is 5.41 Å².